The van der Waals surface area contributed by atoms with Crippen molar-refractivity contribution in [1.29, 1.82) is 0 Å². The number of thioether (sulfide) groups is 1. The summed E-state index contributed by atoms with van der Waals surface area (Å²) in [6.07, 6.45) is 3.48. The van der Waals surface area contributed by atoms with Crippen LogP contribution in [0.3, 0.4) is 0 Å². The molecule has 3 rings (SSSR count). The van der Waals surface area contributed by atoms with Crippen LogP contribution in [0.15, 0.2) is 10.7 Å². The second-order valence-corrected chi connectivity index (χ2v) is 5.95. The van der Waals surface area contributed by atoms with Gasteiger partial charge in [0.2, 0.25) is 0 Å². The van der Waals surface area contributed by atoms with Crippen LogP contribution < -0.4 is 0 Å². The minimum atomic E-state index is -0.0335. The normalized spacial score (nSPS) is 33.9. The number of nitrogens with zero attached hydrogens (tertiary/aromatic N) is 2. The molecule has 82 valence electrons. The summed E-state index contributed by atoms with van der Waals surface area (Å²) in [7, 11) is 0. The van der Waals surface area contributed by atoms with Crippen molar-refractivity contribution in [2.24, 2.45) is 0 Å². The predicted molar refractivity (Wildman–Crippen MR) is 64.1 cm³/mol. The number of ether oxygens (including phenoxy) is 1. The van der Waals surface area contributed by atoms with Gasteiger partial charge in [-0.3, -0.25) is 4.68 Å². The second kappa shape index (κ2) is 3.50. The van der Waals surface area contributed by atoms with Crippen LogP contribution in [-0.2, 0) is 16.9 Å². The Labute approximate surface area is 102 Å². The van der Waals surface area contributed by atoms with Crippen LogP contribution in [0.2, 0.25) is 0 Å². The summed E-state index contributed by atoms with van der Waals surface area (Å²) < 4.78 is 9.07. The number of hydrogen-bond acceptors (Lipinski definition) is 3. The molecule has 0 saturated carbocycles. The smallest absolute Gasteiger partial charge is 0.146 e. The van der Waals surface area contributed by atoms with Crippen LogP contribution in [0.5, 0.6) is 0 Å². The maximum absolute atomic E-state index is 5.92. The molecule has 0 aromatic carbocycles. The Morgan fingerprint density at radius 3 is 3.40 bits per heavy atom. The Bertz CT molecular complexity index is 395. The third kappa shape index (κ3) is 1.40. The van der Waals surface area contributed by atoms with E-state index in [-0.39, 0.29) is 5.60 Å². The van der Waals surface area contributed by atoms with Gasteiger partial charge >= 0.3 is 0 Å². The van der Waals surface area contributed by atoms with Crippen LogP contribution in [0, 0.1) is 0 Å². The minimum Gasteiger partial charge on any atom is -0.358 e. The second-order valence-electron chi connectivity index (χ2n) is 3.99. The predicted octanol–water partition coefficient (Wildman–Crippen LogP) is 2.40. The van der Waals surface area contributed by atoms with Gasteiger partial charge < -0.3 is 4.74 Å². The molecule has 1 aromatic heterocycles. The molecule has 2 fully saturated rings. The average molecular weight is 289 g/mol. The number of aryl methyl sites for hydroxylation is 1. The Morgan fingerprint density at radius 2 is 2.67 bits per heavy atom. The zero-order valence-electron chi connectivity index (χ0n) is 8.57. The van der Waals surface area contributed by atoms with Crippen LogP contribution in [-0.4, -0.2) is 27.4 Å². The molecule has 1 aromatic rings. The minimum absolute atomic E-state index is 0.0335. The standard InChI is InChI=1S/C10H13BrN2OS/c1-2-13-9(7(11)5-12-13)10-6-15-4-3-8(10)14-10/h5,8H,2-4,6H2,1H3/t8-,10-/m0/s1. The molecular formula is C10H13BrN2OS. The molecule has 15 heavy (non-hydrogen) atoms. The van der Waals surface area contributed by atoms with Crippen LogP contribution in [0.4, 0.5) is 0 Å². The van der Waals surface area contributed by atoms with Crippen LogP contribution >= 0.6 is 27.7 Å². The van der Waals surface area contributed by atoms with Gasteiger partial charge in [0.1, 0.15) is 5.60 Å². The van der Waals surface area contributed by atoms with E-state index in [9.17, 15) is 0 Å². The third-order valence-electron chi connectivity index (χ3n) is 3.15. The molecule has 3 nitrogen and oxygen atoms in total. The van der Waals surface area contributed by atoms with Gasteiger partial charge in [-0.25, -0.2) is 0 Å². The van der Waals surface area contributed by atoms with E-state index < -0.39 is 0 Å². The molecule has 0 amide bonds. The van der Waals surface area contributed by atoms with Crippen molar-refractivity contribution >= 4 is 27.7 Å². The van der Waals surface area contributed by atoms with E-state index in [1.807, 2.05) is 18.0 Å². The SMILES string of the molecule is CCn1ncc(Br)c1[C@]12CSCC[C@@H]1O2. The Kier molecular flexibility index (Phi) is 2.37. The fourth-order valence-electron chi connectivity index (χ4n) is 2.35. The summed E-state index contributed by atoms with van der Waals surface area (Å²) in [5.41, 5.74) is 1.20. The van der Waals surface area contributed by atoms with E-state index in [1.54, 1.807) is 0 Å². The largest absolute Gasteiger partial charge is 0.358 e. The van der Waals surface area contributed by atoms with Gasteiger partial charge in [-0.15, -0.1) is 0 Å². The van der Waals surface area contributed by atoms with E-state index in [0.29, 0.717) is 6.10 Å². The van der Waals surface area contributed by atoms with Crippen molar-refractivity contribution in [1.82, 2.24) is 9.78 Å². The highest BCUT2D eigenvalue weighted by atomic mass is 79.9. The molecule has 2 atom stereocenters. The summed E-state index contributed by atoms with van der Waals surface area (Å²) >= 11 is 5.57. The van der Waals surface area contributed by atoms with E-state index in [1.165, 1.54) is 17.9 Å². The Balaban J connectivity index is 2.01. The van der Waals surface area contributed by atoms with Crippen LogP contribution in [0.1, 0.15) is 19.0 Å². The van der Waals surface area contributed by atoms with E-state index in [2.05, 4.69) is 32.6 Å². The summed E-state index contributed by atoms with van der Waals surface area (Å²) in [6.45, 7) is 3.02. The zero-order valence-corrected chi connectivity index (χ0v) is 11.0. The Morgan fingerprint density at radius 1 is 1.80 bits per heavy atom. The number of halogens is 1. The molecule has 2 aliphatic rings. The van der Waals surface area contributed by atoms with Gasteiger partial charge in [-0.2, -0.15) is 16.9 Å². The van der Waals surface area contributed by atoms with Gasteiger partial charge in [0.25, 0.3) is 0 Å². The highest BCUT2D eigenvalue weighted by Gasteiger charge is 2.61. The van der Waals surface area contributed by atoms with Crippen molar-refractivity contribution in [3.8, 4) is 0 Å². The monoisotopic (exact) mass is 288 g/mol. The first kappa shape index (κ1) is 10.2. The Hall–Kier alpha value is -0.0000000000000000763. The van der Waals surface area contributed by atoms with Crippen molar-refractivity contribution in [3.05, 3.63) is 16.4 Å². The quantitative estimate of drug-likeness (QED) is 0.783. The summed E-state index contributed by atoms with van der Waals surface area (Å²) in [4.78, 5) is 0. The summed E-state index contributed by atoms with van der Waals surface area (Å²) in [5.74, 6) is 2.30. The summed E-state index contributed by atoms with van der Waals surface area (Å²) in [5, 5.41) is 4.36. The lowest BCUT2D eigenvalue weighted by Gasteiger charge is -2.18. The number of hydrogen-bond donors (Lipinski definition) is 0. The fourth-order valence-corrected chi connectivity index (χ4v) is 4.20. The topological polar surface area (TPSA) is 30.4 Å². The molecular weight excluding hydrogens is 276 g/mol. The number of epoxide rings is 1. The molecule has 3 heterocycles. The molecule has 5 heteroatoms. The van der Waals surface area contributed by atoms with Crippen LogP contribution in [0.25, 0.3) is 0 Å². The first-order chi connectivity index (χ1) is 7.28. The van der Waals surface area contributed by atoms with Crippen molar-refractivity contribution < 1.29 is 4.74 Å². The molecule has 2 saturated heterocycles. The van der Waals surface area contributed by atoms with E-state index >= 15 is 0 Å². The van der Waals surface area contributed by atoms with Crippen molar-refractivity contribution in [2.75, 3.05) is 11.5 Å². The van der Waals surface area contributed by atoms with Gasteiger partial charge in [0.15, 0.2) is 0 Å². The highest BCUT2D eigenvalue weighted by Crippen LogP contribution is 2.54. The number of fused-ring (bicyclic) bond motifs is 1. The molecule has 0 aliphatic carbocycles. The van der Waals surface area contributed by atoms with Gasteiger partial charge in [-0.05, 0) is 35.0 Å². The lowest BCUT2D eigenvalue weighted by Crippen LogP contribution is -2.25. The molecule has 0 radical (unpaired) electrons. The lowest BCUT2D eigenvalue weighted by molar-refractivity contribution is 0.304. The maximum atomic E-state index is 5.92. The van der Waals surface area contributed by atoms with Gasteiger partial charge in [0.05, 0.1) is 22.5 Å². The average Bonchev–Trinajstić information content (AvgIpc) is 2.87. The molecule has 2 aliphatic heterocycles. The zero-order chi connectivity index (χ0) is 10.5. The van der Waals surface area contributed by atoms with Crippen molar-refractivity contribution in [3.63, 3.8) is 0 Å². The third-order valence-corrected chi connectivity index (χ3v) is 4.89. The molecule has 0 N–H and O–H groups in total. The molecule has 0 spiro atoms. The molecule has 0 bridgehead atoms. The van der Waals surface area contributed by atoms with Gasteiger partial charge in [0, 0.05) is 12.3 Å². The number of aromatic nitrogens is 2. The van der Waals surface area contributed by atoms with E-state index in [0.717, 1.165) is 16.8 Å². The van der Waals surface area contributed by atoms with E-state index in [4.69, 9.17) is 4.74 Å². The first-order valence-corrected chi connectivity index (χ1v) is 7.20. The first-order valence-electron chi connectivity index (χ1n) is 5.25. The lowest BCUT2D eigenvalue weighted by atomic mass is 10.0. The summed E-state index contributed by atoms with van der Waals surface area (Å²) in [6, 6.07) is 0. The highest BCUT2D eigenvalue weighted by molar-refractivity contribution is 9.10. The van der Waals surface area contributed by atoms with Crippen molar-refractivity contribution in [2.45, 2.75) is 31.6 Å². The molecule has 0 unspecified atom stereocenters. The number of rotatable bonds is 2. The fraction of sp³-hybridized carbons (Fsp3) is 0.700. The van der Waals surface area contributed by atoms with Gasteiger partial charge in [-0.1, -0.05) is 0 Å². The maximum Gasteiger partial charge on any atom is 0.146 e.